The van der Waals surface area contributed by atoms with Gasteiger partial charge in [-0.3, -0.25) is 0 Å². The lowest BCUT2D eigenvalue weighted by Crippen LogP contribution is -2.40. The van der Waals surface area contributed by atoms with E-state index in [1.54, 1.807) is 27.6 Å². The number of hydrogen-bond acceptors (Lipinski definition) is 7. The van der Waals surface area contributed by atoms with Crippen LogP contribution in [0.5, 0.6) is 0 Å². The monoisotopic (exact) mass is 482 g/mol. The fourth-order valence-electron chi connectivity index (χ4n) is 3.69. The van der Waals surface area contributed by atoms with E-state index >= 15 is 0 Å². The molecule has 0 heterocycles. The molecule has 2 atom stereocenters. The zero-order chi connectivity index (χ0) is 25.3. The Hall–Kier alpha value is -1.94. The Morgan fingerprint density at radius 1 is 0.853 bits per heavy atom. The van der Waals surface area contributed by atoms with Crippen molar-refractivity contribution >= 4 is 6.15 Å². The van der Waals surface area contributed by atoms with E-state index in [0.29, 0.717) is 25.4 Å². The molecular formula is C27H46O7. The molecule has 0 bridgehead atoms. The molecule has 0 spiro atoms. The van der Waals surface area contributed by atoms with Gasteiger partial charge < -0.3 is 23.7 Å². The van der Waals surface area contributed by atoms with Crippen LogP contribution in [0.4, 0.5) is 0 Å². The molecular weight excluding hydrogens is 436 g/mol. The van der Waals surface area contributed by atoms with Crippen molar-refractivity contribution in [1.82, 2.24) is 0 Å². The predicted molar refractivity (Wildman–Crippen MR) is 132 cm³/mol. The molecule has 2 unspecified atom stereocenters. The van der Waals surface area contributed by atoms with E-state index < -0.39 is 0 Å². The van der Waals surface area contributed by atoms with Crippen molar-refractivity contribution in [1.29, 1.82) is 0 Å². The molecule has 2 aliphatic rings. The molecule has 2 rings (SSSR count). The zero-order valence-corrected chi connectivity index (χ0v) is 21.6. The second kappa shape index (κ2) is 18.4. The van der Waals surface area contributed by atoms with Crippen LogP contribution in [0.3, 0.4) is 0 Å². The summed E-state index contributed by atoms with van der Waals surface area (Å²) in [5.41, 5.74) is 9.69. The zero-order valence-electron chi connectivity index (χ0n) is 21.6. The van der Waals surface area contributed by atoms with Crippen LogP contribution in [0.1, 0.15) is 61.3 Å². The molecule has 7 heteroatoms. The minimum atomic E-state index is 0. The van der Waals surface area contributed by atoms with Gasteiger partial charge in [0.05, 0.1) is 20.3 Å². The largest absolute Gasteiger partial charge is 0.496 e. The number of ether oxygens (including phenoxy) is 5. The van der Waals surface area contributed by atoms with Crippen LogP contribution in [0.2, 0.25) is 0 Å². The first-order chi connectivity index (χ1) is 15.7. The second-order valence-electron chi connectivity index (χ2n) is 9.10. The molecule has 0 aromatic carbocycles. The van der Waals surface area contributed by atoms with Gasteiger partial charge in [-0.1, -0.05) is 47.8 Å². The summed E-state index contributed by atoms with van der Waals surface area (Å²) in [7, 11) is 4.93. The van der Waals surface area contributed by atoms with Crippen molar-refractivity contribution in [3.8, 4) is 0 Å². The van der Waals surface area contributed by atoms with Crippen molar-refractivity contribution in [3.05, 3.63) is 34.9 Å². The maximum absolute atomic E-state index is 8.12. The molecule has 0 radical (unpaired) electrons. The van der Waals surface area contributed by atoms with E-state index in [0.717, 1.165) is 32.5 Å². The van der Waals surface area contributed by atoms with E-state index in [1.807, 2.05) is 0 Å². The van der Waals surface area contributed by atoms with Crippen molar-refractivity contribution in [2.45, 2.75) is 61.3 Å². The SMILES string of the molecule is C.CCC=C=C1CC(COCOC)C1(C)C.COC=C=C1CC(COCOC)C1(C)C.O=C=O. The van der Waals surface area contributed by atoms with E-state index in [9.17, 15) is 0 Å². The van der Waals surface area contributed by atoms with Gasteiger partial charge in [-0.15, -0.1) is 5.73 Å². The van der Waals surface area contributed by atoms with E-state index in [-0.39, 0.29) is 24.4 Å². The second-order valence-corrected chi connectivity index (χ2v) is 9.10. The van der Waals surface area contributed by atoms with Gasteiger partial charge >= 0.3 is 6.15 Å². The third-order valence-corrected chi connectivity index (χ3v) is 6.37. The van der Waals surface area contributed by atoms with Crippen LogP contribution in [0.25, 0.3) is 0 Å². The summed E-state index contributed by atoms with van der Waals surface area (Å²) in [5, 5.41) is 0. The number of hydrogen-bond donors (Lipinski definition) is 0. The Morgan fingerprint density at radius 2 is 1.26 bits per heavy atom. The Labute approximate surface area is 206 Å². The first-order valence-corrected chi connectivity index (χ1v) is 11.2. The maximum atomic E-state index is 8.12. The van der Waals surface area contributed by atoms with Crippen molar-refractivity contribution in [2.24, 2.45) is 22.7 Å². The number of carbonyl (C=O) groups excluding carboxylic acids is 2. The molecule has 0 aromatic heterocycles. The Bertz CT molecular complexity index is 661. The lowest BCUT2D eigenvalue weighted by molar-refractivity contribution is -0.191. The van der Waals surface area contributed by atoms with Crippen LogP contribution >= 0.6 is 0 Å². The molecule has 7 nitrogen and oxygen atoms in total. The van der Waals surface area contributed by atoms with Crippen LogP contribution in [0.15, 0.2) is 34.9 Å². The van der Waals surface area contributed by atoms with Crippen LogP contribution in [-0.4, -0.2) is 54.3 Å². The standard InChI is InChI=1S/C13H22O2.C12H20O3.CO2.CH4/c1-5-6-7-11-8-12(13(11,2)3)9-15-10-14-4;1-12(2)10(5-6-13-3)7-11(12)8-15-9-14-4;2-1-3;/h6,12H,5,8-10H2,1-4H3;6,11H,7-9H2,1-4H3;;1H4. The summed E-state index contributed by atoms with van der Waals surface area (Å²) in [6, 6.07) is 0. The molecule has 0 aromatic rings. The van der Waals surface area contributed by atoms with Gasteiger partial charge in [0, 0.05) is 14.2 Å². The molecule has 2 aliphatic carbocycles. The van der Waals surface area contributed by atoms with Gasteiger partial charge in [0.2, 0.25) is 0 Å². The fraction of sp³-hybridized carbons (Fsp3) is 0.741. The first-order valence-electron chi connectivity index (χ1n) is 11.2. The van der Waals surface area contributed by atoms with Gasteiger partial charge in [0.15, 0.2) is 0 Å². The molecule has 0 amide bonds. The van der Waals surface area contributed by atoms with Crippen LogP contribution in [0, 0.1) is 22.7 Å². The highest BCUT2D eigenvalue weighted by Gasteiger charge is 2.44. The lowest BCUT2D eigenvalue weighted by atomic mass is 9.59. The Kier molecular flexibility index (Phi) is 18.5. The number of allylic oxidation sites excluding steroid dienone is 2. The summed E-state index contributed by atoms with van der Waals surface area (Å²) in [5.74, 6) is 1.17. The van der Waals surface area contributed by atoms with Gasteiger partial charge in [-0.25, -0.2) is 0 Å². The molecule has 0 aliphatic heterocycles. The third-order valence-electron chi connectivity index (χ3n) is 6.37. The fourth-order valence-corrected chi connectivity index (χ4v) is 3.69. The summed E-state index contributed by atoms with van der Waals surface area (Å²) in [6.07, 6.45) is 7.20. The normalized spacial score (nSPS) is 20.6. The van der Waals surface area contributed by atoms with Gasteiger partial charge in [-0.2, -0.15) is 9.59 Å². The summed E-state index contributed by atoms with van der Waals surface area (Å²) in [6.45, 7) is 13.4. The molecule has 0 N–H and O–H groups in total. The Morgan fingerprint density at radius 3 is 1.59 bits per heavy atom. The smallest absolute Gasteiger partial charge is 0.373 e. The summed E-state index contributed by atoms with van der Waals surface area (Å²) >= 11 is 0. The molecule has 196 valence electrons. The third kappa shape index (κ3) is 11.0. The maximum Gasteiger partial charge on any atom is 0.373 e. The molecule has 2 fully saturated rings. The number of methoxy groups -OCH3 is 3. The van der Waals surface area contributed by atoms with Crippen molar-refractivity contribution in [2.75, 3.05) is 48.1 Å². The van der Waals surface area contributed by atoms with Crippen LogP contribution in [-0.2, 0) is 33.3 Å². The number of rotatable bonds is 10. The summed E-state index contributed by atoms with van der Waals surface area (Å²) in [4.78, 5) is 16.2. The average Bonchev–Trinajstić information content (AvgIpc) is 2.77. The predicted octanol–water partition coefficient (Wildman–Crippen LogP) is 5.54. The highest BCUT2D eigenvalue weighted by atomic mass is 16.7. The summed E-state index contributed by atoms with van der Waals surface area (Å²) < 4.78 is 25.4. The molecule has 2 saturated carbocycles. The Balaban J connectivity index is 0. The highest BCUT2D eigenvalue weighted by Crippen LogP contribution is 2.51. The molecule has 0 saturated heterocycles. The first kappa shape index (κ1) is 34.2. The van der Waals surface area contributed by atoms with Gasteiger partial charge in [-0.05, 0) is 59.2 Å². The highest BCUT2D eigenvalue weighted by molar-refractivity contribution is 5.24. The minimum Gasteiger partial charge on any atom is -0.496 e. The van der Waals surface area contributed by atoms with E-state index in [4.69, 9.17) is 33.3 Å². The van der Waals surface area contributed by atoms with Crippen molar-refractivity contribution in [3.63, 3.8) is 0 Å². The topological polar surface area (TPSA) is 80.3 Å². The lowest BCUT2D eigenvalue weighted by Gasteiger charge is -2.46. The van der Waals surface area contributed by atoms with E-state index in [1.165, 1.54) is 11.1 Å². The van der Waals surface area contributed by atoms with Crippen LogP contribution < -0.4 is 0 Å². The molecule has 34 heavy (non-hydrogen) atoms. The van der Waals surface area contributed by atoms with Gasteiger partial charge in [0.1, 0.15) is 19.8 Å². The minimum absolute atomic E-state index is 0. The van der Waals surface area contributed by atoms with Gasteiger partial charge in [0.25, 0.3) is 0 Å². The van der Waals surface area contributed by atoms with Crippen molar-refractivity contribution < 1.29 is 33.3 Å². The van der Waals surface area contributed by atoms with E-state index in [2.05, 4.69) is 52.2 Å². The average molecular weight is 483 g/mol. The quantitative estimate of drug-likeness (QED) is 0.175.